The van der Waals surface area contributed by atoms with Crippen molar-refractivity contribution in [2.45, 2.75) is 6.42 Å². The maximum absolute atomic E-state index is 12.3. The molecule has 0 aromatic carbocycles. The van der Waals surface area contributed by atoms with Gasteiger partial charge in [-0.2, -0.15) is 0 Å². The van der Waals surface area contributed by atoms with Gasteiger partial charge < -0.3 is 4.90 Å². The fourth-order valence-corrected chi connectivity index (χ4v) is 2.66. The van der Waals surface area contributed by atoms with Crippen LogP contribution in [0.4, 0.5) is 0 Å². The van der Waals surface area contributed by atoms with Crippen molar-refractivity contribution in [2.24, 2.45) is 0 Å². The number of hydrogen-bond donors (Lipinski definition) is 0. The van der Waals surface area contributed by atoms with Gasteiger partial charge in [-0.15, -0.1) is 11.3 Å². The Labute approximate surface area is 120 Å². The first-order valence-electron chi connectivity index (χ1n) is 6.31. The Morgan fingerprint density at radius 3 is 3.10 bits per heavy atom. The Morgan fingerprint density at radius 2 is 2.35 bits per heavy atom. The average molecular weight is 286 g/mol. The summed E-state index contributed by atoms with van der Waals surface area (Å²) in [6.07, 6.45) is 6.18. The van der Waals surface area contributed by atoms with Crippen LogP contribution in [-0.4, -0.2) is 38.8 Å². The van der Waals surface area contributed by atoms with Crippen LogP contribution in [0, 0.1) is 0 Å². The van der Waals surface area contributed by atoms with Gasteiger partial charge in [-0.3, -0.25) is 14.2 Å². The average Bonchev–Trinajstić information content (AvgIpc) is 3.06. The van der Waals surface area contributed by atoms with E-state index < -0.39 is 0 Å². The number of amides is 1. The van der Waals surface area contributed by atoms with E-state index in [0.717, 1.165) is 17.1 Å². The molecule has 0 radical (unpaired) electrons. The van der Waals surface area contributed by atoms with Crippen LogP contribution in [-0.2, 0) is 6.42 Å². The van der Waals surface area contributed by atoms with Gasteiger partial charge in [-0.05, 0) is 12.1 Å². The highest BCUT2D eigenvalue weighted by molar-refractivity contribution is 7.15. The van der Waals surface area contributed by atoms with E-state index in [1.54, 1.807) is 24.3 Å². The lowest BCUT2D eigenvalue weighted by Gasteiger charge is -2.15. The number of thiazole rings is 1. The van der Waals surface area contributed by atoms with Crippen LogP contribution in [0.3, 0.4) is 0 Å². The third kappa shape index (κ3) is 2.55. The van der Waals surface area contributed by atoms with Gasteiger partial charge in [-0.25, -0.2) is 4.98 Å². The van der Waals surface area contributed by atoms with E-state index in [1.165, 1.54) is 11.3 Å². The topological polar surface area (TPSA) is 50.5 Å². The number of imidazole rings is 1. The molecule has 3 rings (SSSR count). The molecule has 3 heterocycles. The van der Waals surface area contributed by atoms with Crippen LogP contribution in [0.25, 0.3) is 4.96 Å². The summed E-state index contributed by atoms with van der Waals surface area (Å²) >= 11 is 1.52. The van der Waals surface area contributed by atoms with Gasteiger partial charge in [0.1, 0.15) is 5.69 Å². The zero-order chi connectivity index (χ0) is 13.9. The summed E-state index contributed by atoms with van der Waals surface area (Å²) in [7, 11) is 1.79. The minimum atomic E-state index is -0.0585. The zero-order valence-electron chi connectivity index (χ0n) is 11.1. The van der Waals surface area contributed by atoms with Gasteiger partial charge in [0.05, 0.1) is 0 Å². The maximum Gasteiger partial charge on any atom is 0.273 e. The van der Waals surface area contributed by atoms with E-state index in [9.17, 15) is 4.79 Å². The quantitative estimate of drug-likeness (QED) is 0.738. The number of hydrogen-bond acceptors (Lipinski definition) is 4. The summed E-state index contributed by atoms with van der Waals surface area (Å²) in [6.45, 7) is 0.626. The fraction of sp³-hybridized carbons (Fsp3) is 0.214. The Morgan fingerprint density at radius 1 is 1.45 bits per heavy atom. The summed E-state index contributed by atoms with van der Waals surface area (Å²) in [4.78, 5) is 23.4. The molecule has 0 saturated heterocycles. The molecule has 102 valence electrons. The highest BCUT2D eigenvalue weighted by Gasteiger charge is 2.15. The first-order valence-corrected chi connectivity index (χ1v) is 7.19. The van der Waals surface area contributed by atoms with E-state index in [4.69, 9.17) is 0 Å². The van der Waals surface area contributed by atoms with Crippen molar-refractivity contribution >= 4 is 22.2 Å². The summed E-state index contributed by atoms with van der Waals surface area (Å²) in [6, 6.07) is 5.80. The van der Waals surface area contributed by atoms with E-state index >= 15 is 0 Å². The van der Waals surface area contributed by atoms with Gasteiger partial charge in [0.15, 0.2) is 4.96 Å². The molecule has 0 atom stereocenters. The SMILES string of the molecule is CN(CCc1ccccn1)C(=O)c1cn2ccsc2n1. The van der Waals surface area contributed by atoms with Crippen molar-refractivity contribution < 1.29 is 4.79 Å². The van der Waals surface area contributed by atoms with Crippen molar-refractivity contribution in [3.63, 3.8) is 0 Å². The molecule has 0 N–H and O–H groups in total. The van der Waals surface area contributed by atoms with Crippen molar-refractivity contribution in [1.82, 2.24) is 19.3 Å². The number of likely N-dealkylation sites (N-methyl/N-ethyl adjacent to an activating group) is 1. The van der Waals surface area contributed by atoms with E-state index in [0.29, 0.717) is 12.2 Å². The van der Waals surface area contributed by atoms with Crippen molar-refractivity contribution in [3.05, 3.63) is 53.6 Å². The lowest BCUT2D eigenvalue weighted by molar-refractivity contribution is 0.0791. The predicted octanol–water partition coefficient (Wildman–Crippen LogP) is 2.11. The minimum Gasteiger partial charge on any atom is -0.340 e. The van der Waals surface area contributed by atoms with Gasteiger partial charge in [0.2, 0.25) is 0 Å². The number of aromatic nitrogens is 3. The molecule has 5 nitrogen and oxygen atoms in total. The first kappa shape index (κ1) is 12.8. The Bertz CT molecular complexity index is 690. The van der Waals surface area contributed by atoms with E-state index in [1.807, 2.05) is 34.2 Å². The van der Waals surface area contributed by atoms with E-state index in [2.05, 4.69) is 9.97 Å². The monoisotopic (exact) mass is 286 g/mol. The van der Waals surface area contributed by atoms with Gasteiger partial charge in [0.25, 0.3) is 5.91 Å². The second-order valence-electron chi connectivity index (χ2n) is 4.52. The zero-order valence-corrected chi connectivity index (χ0v) is 11.9. The lowest BCUT2D eigenvalue weighted by Crippen LogP contribution is -2.29. The molecule has 0 bridgehead atoms. The van der Waals surface area contributed by atoms with Crippen molar-refractivity contribution in [3.8, 4) is 0 Å². The number of pyridine rings is 1. The predicted molar refractivity (Wildman–Crippen MR) is 78.0 cm³/mol. The summed E-state index contributed by atoms with van der Waals surface area (Å²) in [5, 5.41) is 1.95. The normalized spacial score (nSPS) is 10.8. The number of carbonyl (C=O) groups excluding carboxylic acids is 1. The summed E-state index contributed by atoms with van der Waals surface area (Å²) in [5.41, 5.74) is 1.47. The standard InChI is InChI=1S/C14H14N4OS/c1-17(7-5-11-4-2-3-6-15-11)13(19)12-10-18-8-9-20-14(18)16-12/h2-4,6,8-10H,5,7H2,1H3. The first-order chi connectivity index (χ1) is 9.74. The molecule has 3 aromatic rings. The Kier molecular flexibility index (Phi) is 3.47. The summed E-state index contributed by atoms with van der Waals surface area (Å²) in [5.74, 6) is -0.0585. The molecule has 0 aliphatic carbocycles. The molecule has 0 fully saturated rings. The van der Waals surface area contributed by atoms with Crippen LogP contribution in [0.5, 0.6) is 0 Å². The highest BCUT2D eigenvalue weighted by Crippen LogP contribution is 2.12. The third-order valence-corrected chi connectivity index (χ3v) is 3.86. The molecule has 1 amide bonds. The summed E-state index contributed by atoms with van der Waals surface area (Å²) < 4.78 is 1.87. The molecule has 0 aliphatic heterocycles. The van der Waals surface area contributed by atoms with Crippen LogP contribution in [0.2, 0.25) is 0 Å². The number of fused-ring (bicyclic) bond motifs is 1. The van der Waals surface area contributed by atoms with Crippen molar-refractivity contribution in [2.75, 3.05) is 13.6 Å². The number of carbonyl (C=O) groups is 1. The largest absolute Gasteiger partial charge is 0.340 e. The van der Waals surface area contributed by atoms with Crippen LogP contribution in [0.15, 0.2) is 42.2 Å². The lowest BCUT2D eigenvalue weighted by atomic mass is 10.2. The van der Waals surface area contributed by atoms with Gasteiger partial charge in [-0.1, -0.05) is 6.07 Å². The minimum absolute atomic E-state index is 0.0585. The highest BCUT2D eigenvalue weighted by atomic mass is 32.1. The van der Waals surface area contributed by atoms with Gasteiger partial charge >= 0.3 is 0 Å². The number of nitrogens with zero attached hydrogens (tertiary/aromatic N) is 4. The second-order valence-corrected chi connectivity index (χ2v) is 5.39. The third-order valence-electron chi connectivity index (χ3n) is 3.09. The molecule has 0 spiro atoms. The maximum atomic E-state index is 12.3. The molecule has 20 heavy (non-hydrogen) atoms. The second kappa shape index (κ2) is 5.42. The smallest absolute Gasteiger partial charge is 0.273 e. The molecule has 0 saturated carbocycles. The molecular weight excluding hydrogens is 272 g/mol. The Balaban J connectivity index is 1.66. The van der Waals surface area contributed by atoms with Crippen molar-refractivity contribution in [1.29, 1.82) is 0 Å². The molecule has 6 heteroatoms. The van der Waals surface area contributed by atoms with Crippen LogP contribution >= 0.6 is 11.3 Å². The van der Waals surface area contributed by atoms with Crippen LogP contribution in [0.1, 0.15) is 16.2 Å². The van der Waals surface area contributed by atoms with Gasteiger partial charge in [0, 0.05) is 49.7 Å². The molecular formula is C14H14N4OS. The molecule has 0 aliphatic rings. The molecule has 0 unspecified atom stereocenters. The number of rotatable bonds is 4. The Hall–Kier alpha value is -2.21. The fourth-order valence-electron chi connectivity index (χ4n) is 1.96. The molecule has 3 aromatic heterocycles. The van der Waals surface area contributed by atoms with Crippen LogP contribution < -0.4 is 0 Å². The van der Waals surface area contributed by atoms with E-state index in [-0.39, 0.29) is 5.91 Å².